The maximum Gasteiger partial charge on any atom is 0.307 e. The van der Waals surface area contributed by atoms with Gasteiger partial charge in [0.05, 0.1) is 17.5 Å². The Hall–Kier alpha value is -1.76. The Bertz CT molecular complexity index is 588. The van der Waals surface area contributed by atoms with Crippen molar-refractivity contribution in [3.05, 3.63) is 16.6 Å². The first-order valence-corrected chi connectivity index (χ1v) is 6.98. The number of carbonyl (C=O) groups excluding carboxylic acids is 1. The van der Waals surface area contributed by atoms with Crippen LogP contribution in [0.5, 0.6) is 11.5 Å². The minimum Gasteiger partial charge on any atom is -0.486 e. The Kier molecular flexibility index (Phi) is 3.29. The van der Waals surface area contributed by atoms with Crippen LogP contribution in [0.1, 0.15) is 6.42 Å². The van der Waals surface area contributed by atoms with E-state index in [2.05, 4.69) is 21.2 Å². The summed E-state index contributed by atoms with van der Waals surface area (Å²) in [6.45, 7) is 0.958. The number of halogens is 1. The molecule has 0 spiro atoms. The molecular weight excluding hydrogens is 330 g/mol. The molecule has 6 nitrogen and oxygen atoms in total. The Morgan fingerprint density at radius 3 is 2.45 bits per heavy atom. The van der Waals surface area contributed by atoms with Gasteiger partial charge in [-0.2, -0.15) is 0 Å². The van der Waals surface area contributed by atoms with E-state index in [9.17, 15) is 9.59 Å². The third-order valence-electron chi connectivity index (χ3n) is 3.33. The molecule has 2 N–H and O–H groups in total. The molecule has 1 amide bonds. The van der Waals surface area contributed by atoms with E-state index in [4.69, 9.17) is 14.6 Å². The van der Waals surface area contributed by atoms with Crippen molar-refractivity contribution < 1.29 is 24.2 Å². The average Bonchev–Trinajstić information content (AvgIpc) is 3.20. The largest absolute Gasteiger partial charge is 0.486 e. The Labute approximate surface area is 123 Å². The maximum absolute atomic E-state index is 11.9. The molecule has 3 rings (SSSR count). The molecule has 1 saturated carbocycles. The first kappa shape index (κ1) is 13.2. The van der Waals surface area contributed by atoms with Gasteiger partial charge >= 0.3 is 5.97 Å². The van der Waals surface area contributed by atoms with E-state index in [1.165, 1.54) is 0 Å². The van der Waals surface area contributed by atoms with E-state index in [-0.39, 0.29) is 5.91 Å². The van der Waals surface area contributed by atoms with Gasteiger partial charge in [0.2, 0.25) is 5.91 Å². The number of anilines is 1. The van der Waals surface area contributed by atoms with Crippen molar-refractivity contribution >= 4 is 33.5 Å². The highest BCUT2D eigenvalue weighted by atomic mass is 79.9. The second-order valence-electron chi connectivity index (χ2n) is 4.75. The molecule has 1 fully saturated rings. The number of fused-ring (bicyclic) bond motifs is 1. The minimum atomic E-state index is -0.925. The lowest BCUT2D eigenvalue weighted by molar-refractivity contribution is -0.139. The fraction of sp³-hybridized carbons (Fsp3) is 0.385. The summed E-state index contributed by atoms with van der Waals surface area (Å²) in [5.41, 5.74) is 0.551. The molecule has 0 saturated heterocycles. The molecule has 1 aromatic rings. The van der Waals surface area contributed by atoms with Crippen LogP contribution in [0, 0.1) is 11.8 Å². The SMILES string of the molecule is O=C(O)C1CC1C(=O)Nc1cc2c(cc1Br)OCCO2. The van der Waals surface area contributed by atoms with Crippen LogP contribution < -0.4 is 14.8 Å². The Balaban J connectivity index is 1.74. The lowest BCUT2D eigenvalue weighted by Gasteiger charge is -2.20. The first-order valence-electron chi connectivity index (χ1n) is 6.19. The van der Waals surface area contributed by atoms with Crippen LogP contribution in [0.3, 0.4) is 0 Å². The first-order chi connectivity index (χ1) is 9.56. The smallest absolute Gasteiger partial charge is 0.307 e. The van der Waals surface area contributed by atoms with Crippen molar-refractivity contribution in [2.75, 3.05) is 18.5 Å². The number of aliphatic carboxylic acids is 1. The van der Waals surface area contributed by atoms with Gasteiger partial charge in [-0.05, 0) is 22.4 Å². The number of carboxylic acids is 1. The summed E-state index contributed by atoms with van der Waals surface area (Å²) in [5, 5.41) is 11.5. The standard InChI is InChI=1S/C13H12BrNO5/c14-8-4-10-11(20-2-1-19-10)5-9(8)15-12(16)6-3-7(6)13(17)18/h4-7H,1-3H2,(H,15,16)(H,17,18). The molecule has 1 heterocycles. The second-order valence-corrected chi connectivity index (χ2v) is 5.61. The van der Waals surface area contributed by atoms with E-state index in [1.807, 2.05) is 0 Å². The molecule has 1 aromatic carbocycles. The van der Waals surface area contributed by atoms with E-state index < -0.39 is 17.8 Å². The van der Waals surface area contributed by atoms with Gasteiger partial charge in [0, 0.05) is 16.6 Å². The van der Waals surface area contributed by atoms with E-state index in [0.717, 1.165) is 0 Å². The summed E-state index contributed by atoms with van der Waals surface area (Å²) in [5.74, 6) is -1.03. The molecule has 1 aliphatic heterocycles. The fourth-order valence-corrected chi connectivity index (χ4v) is 2.56. The van der Waals surface area contributed by atoms with Crippen molar-refractivity contribution in [3.63, 3.8) is 0 Å². The zero-order valence-corrected chi connectivity index (χ0v) is 12.0. The van der Waals surface area contributed by atoms with Gasteiger partial charge in [0.25, 0.3) is 0 Å². The topological polar surface area (TPSA) is 84.9 Å². The highest BCUT2D eigenvalue weighted by Crippen LogP contribution is 2.42. The molecule has 2 atom stereocenters. The van der Waals surface area contributed by atoms with Gasteiger partial charge in [-0.3, -0.25) is 9.59 Å². The second kappa shape index (κ2) is 4.97. The van der Waals surface area contributed by atoms with Gasteiger partial charge in [-0.15, -0.1) is 0 Å². The molecule has 2 aliphatic rings. The van der Waals surface area contributed by atoms with Crippen LogP contribution in [0.4, 0.5) is 5.69 Å². The van der Waals surface area contributed by atoms with Crippen LogP contribution in [0.25, 0.3) is 0 Å². The number of hydrogen-bond acceptors (Lipinski definition) is 4. The van der Waals surface area contributed by atoms with Crippen molar-refractivity contribution in [1.29, 1.82) is 0 Å². The summed E-state index contributed by atoms with van der Waals surface area (Å²) in [4.78, 5) is 22.7. The van der Waals surface area contributed by atoms with E-state index in [0.29, 0.717) is 41.3 Å². The third-order valence-corrected chi connectivity index (χ3v) is 3.99. The molecule has 2 unspecified atom stereocenters. The number of nitrogens with one attached hydrogen (secondary N) is 1. The normalized spacial score (nSPS) is 23.1. The predicted octanol–water partition coefficient (Wildman–Crippen LogP) is 1.88. The lowest BCUT2D eigenvalue weighted by Crippen LogP contribution is -2.18. The van der Waals surface area contributed by atoms with Gasteiger partial charge in [0.15, 0.2) is 11.5 Å². The zero-order chi connectivity index (χ0) is 14.3. The zero-order valence-electron chi connectivity index (χ0n) is 10.4. The van der Waals surface area contributed by atoms with Crippen molar-refractivity contribution in [2.45, 2.75) is 6.42 Å². The van der Waals surface area contributed by atoms with Crippen molar-refractivity contribution in [1.82, 2.24) is 0 Å². The van der Waals surface area contributed by atoms with Gasteiger partial charge in [0.1, 0.15) is 13.2 Å². The molecule has 1 aliphatic carbocycles. The van der Waals surface area contributed by atoms with E-state index in [1.54, 1.807) is 12.1 Å². The van der Waals surface area contributed by atoms with Crippen LogP contribution in [-0.4, -0.2) is 30.2 Å². The molecule has 20 heavy (non-hydrogen) atoms. The lowest BCUT2D eigenvalue weighted by atomic mass is 10.2. The summed E-state index contributed by atoms with van der Waals surface area (Å²) in [7, 11) is 0. The fourth-order valence-electron chi connectivity index (χ4n) is 2.14. The summed E-state index contributed by atoms with van der Waals surface area (Å²) in [6, 6.07) is 3.40. The van der Waals surface area contributed by atoms with Crippen LogP contribution in [0.15, 0.2) is 16.6 Å². The average molecular weight is 342 g/mol. The third kappa shape index (κ3) is 2.45. The quantitative estimate of drug-likeness (QED) is 0.876. The molecule has 0 bridgehead atoms. The number of ether oxygens (including phenoxy) is 2. The maximum atomic E-state index is 11.9. The van der Waals surface area contributed by atoms with Gasteiger partial charge in [-0.25, -0.2) is 0 Å². The molecular formula is C13H12BrNO5. The van der Waals surface area contributed by atoms with Gasteiger partial charge in [-0.1, -0.05) is 0 Å². The van der Waals surface area contributed by atoms with Crippen LogP contribution in [0.2, 0.25) is 0 Å². The number of carbonyl (C=O) groups is 2. The highest BCUT2D eigenvalue weighted by Gasteiger charge is 2.48. The molecule has 0 aromatic heterocycles. The number of hydrogen-bond donors (Lipinski definition) is 2. The van der Waals surface area contributed by atoms with Crippen LogP contribution >= 0.6 is 15.9 Å². The summed E-state index contributed by atoms with van der Waals surface area (Å²) < 4.78 is 11.5. The number of carboxylic acid groups (broad SMARTS) is 1. The van der Waals surface area contributed by atoms with Gasteiger partial charge < -0.3 is 19.9 Å². The number of benzene rings is 1. The summed E-state index contributed by atoms with van der Waals surface area (Å²) >= 11 is 3.35. The molecule has 0 radical (unpaired) electrons. The predicted molar refractivity (Wildman–Crippen MR) is 73.0 cm³/mol. The summed E-state index contributed by atoms with van der Waals surface area (Å²) in [6.07, 6.45) is 0.392. The van der Waals surface area contributed by atoms with Crippen LogP contribution in [-0.2, 0) is 9.59 Å². The monoisotopic (exact) mass is 341 g/mol. The Morgan fingerprint density at radius 2 is 1.85 bits per heavy atom. The molecule has 7 heteroatoms. The highest BCUT2D eigenvalue weighted by molar-refractivity contribution is 9.10. The van der Waals surface area contributed by atoms with E-state index >= 15 is 0 Å². The van der Waals surface area contributed by atoms with Crippen molar-refractivity contribution in [2.24, 2.45) is 11.8 Å². The molecule has 106 valence electrons. The minimum absolute atomic E-state index is 0.283. The number of amides is 1. The Morgan fingerprint density at radius 1 is 1.20 bits per heavy atom. The van der Waals surface area contributed by atoms with Crippen molar-refractivity contribution in [3.8, 4) is 11.5 Å². The number of rotatable bonds is 3.